The smallest absolute Gasteiger partial charge is 0.410 e. The Hall–Kier alpha value is -2.08. The molecule has 0 saturated carbocycles. The first-order chi connectivity index (χ1) is 10.5. The molecular formula is C16H24N2O4. The van der Waals surface area contributed by atoms with Gasteiger partial charge in [0.1, 0.15) is 12.6 Å². The number of likely N-dealkylation sites (N-methyl/N-ethyl adjacent to an activating group) is 2. The Morgan fingerprint density at radius 1 is 1.23 bits per heavy atom. The van der Waals surface area contributed by atoms with Crippen LogP contribution in [0.4, 0.5) is 4.79 Å². The third-order valence-corrected chi connectivity index (χ3v) is 3.46. The number of carbonyl (C=O) groups is 2. The molecule has 0 aliphatic carbocycles. The molecule has 122 valence electrons. The van der Waals surface area contributed by atoms with E-state index in [4.69, 9.17) is 9.84 Å². The molecule has 0 heterocycles. The summed E-state index contributed by atoms with van der Waals surface area (Å²) in [7, 11) is 3.19. The van der Waals surface area contributed by atoms with Crippen LogP contribution in [0.3, 0.4) is 0 Å². The van der Waals surface area contributed by atoms with E-state index >= 15 is 0 Å². The van der Waals surface area contributed by atoms with Gasteiger partial charge in [-0.05, 0) is 18.9 Å². The number of nitrogens with zero attached hydrogens (tertiary/aromatic N) is 2. The highest BCUT2D eigenvalue weighted by atomic mass is 16.6. The van der Waals surface area contributed by atoms with Crippen LogP contribution in [0.1, 0.15) is 18.9 Å². The first kappa shape index (κ1) is 18.0. The zero-order chi connectivity index (χ0) is 16.5. The zero-order valence-corrected chi connectivity index (χ0v) is 13.4. The highest BCUT2D eigenvalue weighted by Crippen LogP contribution is 2.06. The van der Waals surface area contributed by atoms with Crippen molar-refractivity contribution in [2.75, 3.05) is 27.2 Å². The van der Waals surface area contributed by atoms with Crippen molar-refractivity contribution >= 4 is 12.0 Å². The van der Waals surface area contributed by atoms with Gasteiger partial charge in [0.05, 0.1) is 0 Å². The van der Waals surface area contributed by atoms with E-state index in [1.54, 1.807) is 14.0 Å². The Bertz CT molecular complexity index is 478. The topological polar surface area (TPSA) is 70.1 Å². The minimum absolute atomic E-state index is 0.0287. The van der Waals surface area contributed by atoms with Crippen LogP contribution in [0.5, 0.6) is 0 Å². The van der Waals surface area contributed by atoms with E-state index in [1.807, 2.05) is 30.3 Å². The Balaban J connectivity index is 2.49. The fourth-order valence-corrected chi connectivity index (χ4v) is 1.88. The number of hydrogen-bond acceptors (Lipinski definition) is 4. The highest BCUT2D eigenvalue weighted by Gasteiger charge is 2.25. The van der Waals surface area contributed by atoms with Crippen LogP contribution < -0.4 is 0 Å². The minimum atomic E-state index is -0.619. The van der Waals surface area contributed by atoms with Crippen LogP contribution in [0.15, 0.2) is 30.3 Å². The second kappa shape index (κ2) is 9.04. The molecular weight excluding hydrogens is 284 g/mol. The molecule has 1 aromatic rings. The van der Waals surface area contributed by atoms with Gasteiger partial charge in [0.15, 0.2) is 0 Å². The molecule has 0 aliphatic heterocycles. The molecule has 1 rings (SSSR count). The van der Waals surface area contributed by atoms with E-state index in [0.29, 0.717) is 13.0 Å². The van der Waals surface area contributed by atoms with Gasteiger partial charge >= 0.3 is 6.09 Å². The summed E-state index contributed by atoms with van der Waals surface area (Å²) in [5, 5.41) is 8.79. The lowest BCUT2D eigenvalue weighted by Crippen LogP contribution is -2.47. The van der Waals surface area contributed by atoms with Crippen LogP contribution in [0.25, 0.3) is 0 Å². The first-order valence-electron chi connectivity index (χ1n) is 7.26. The summed E-state index contributed by atoms with van der Waals surface area (Å²) in [6.45, 7) is 2.31. The Morgan fingerprint density at radius 2 is 1.86 bits per heavy atom. The number of hydrogen-bond donors (Lipinski definition) is 1. The highest BCUT2D eigenvalue weighted by molar-refractivity contribution is 5.85. The molecule has 0 radical (unpaired) electrons. The maximum absolute atomic E-state index is 12.2. The maximum atomic E-state index is 12.2. The molecule has 6 heteroatoms. The van der Waals surface area contributed by atoms with Gasteiger partial charge in [0, 0.05) is 27.2 Å². The van der Waals surface area contributed by atoms with Crippen molar-refractivity contribution in [2.45, 2.75) is 26.0 Å². The molecule has 0 unspecified atom stereocenters. The molecule has 0 aromatic heterocycles. The minimum Gasteiger partial charge on any atom is -0.445 e. The number of carbonyl (C=O) groups excluding carboxylic acids is 2. The summed E-state index contributed by atoms with van der Waals surface area (Å²) in [5.74, 6) is -0.187. The quantitative estimate of drug-likeness (QED) is 0.828. The fourth-order valence-electron chi connectivity index (χ4n) is 1.88. The van der Waals surface area contributed by atoms with E-state index in [1.165, 1.54) is 16.8 Å². The third-order valence-electron chi connectivity index (χ3n) is 3.46. The average Bonchev–Trinajstić information content (AvgIpc) is 2.56. The second-order valence-electron chi connectivity index (χ2n) is 5.16. The molecule has 1 atom stereocenters. The van der Waals surface area contributed by atoms with Crippen molar-refractivity contribution in [1.82, 2.24) is 9.80 Å². The van der Waals surface area contributed by atoms with E-state index in [-0.39, 0.29) is 19.1 Å². The molecule has 0 aliphatic rings. The summed E-state index contributed by atoms with van der Waals surface area (Å²) < 4.78 is 5.20. The van der Waals surface area contributed by atoms with Gasteiger partial charge in [-0.1, -0.05) is 30.3 Å². The lowest BCUT2D eigenvalue weighted by Gasteiger charge is -2.27. The van der Waals surface area contributed by atoms with E-state index in [0.717, 1.165) is 5.56 Å². The molecule has 2 amide bonds. The molecule has 22 heavy (non-hydrogen) atoms. The first-order valence-corrected chi connectivity index (χ1v) is 7.26. The average molecular weight is 308 g/mol. The normalized spacial score (nSPS) is 11.6. The van der Waals surface area contributed by atoms with Crippen molar-refractivity contribution in [3.8, 4) is 0 Å². The zero-order valence-electron chi connectivity index (χ0n) is 13.4. The van der Waals surface area contributed by atoms with Crippen molar-refractivity contribution < 1.29 is 19.4 Å². The van der Waals surface area contributed by atoms with Gasteiger partial charge < -0.3 is 14.7 Å². The molecule has 0 saturated heterocycles. The monoisotopic (exact) mass is 308 g/mol. The molecule has 6 nitrogen and oxygen atoms in total. The standard InChI is InChI=1S/C16H24N2O4/c1-13(15(20)17(2)10-7-11-19)18(3)16(21)22-12-14-8-5-4-6-9-14/h4-6,8-9,13,19H,7,10-12H2,1-3H3/t13-/m1/s1. The van der Waals surface area contributed by atoms with Gasteiger partial charge in [-0.15, -0.1) is 0 Å². The Morgan fingerprint density at radius 3 is 2.45 bits per heavy atom. The number of rotatable bonds is 7. The molecule has 0 spiro atoms. The van der Waals surface area contributed by atoms with Crippen molar-refractivity contribution in [3.05, 3.63) is 35.9 Å². The number of aliphatic hydroxyl groups excluding tert-OH is 1. The summed E-state index contributed by atoms with van der Waals surface area (Å²) in [5.41, 5.74) is 0.892. The largest absolute Gasteiger partial charge is 0.445 e. The molecule has 0 bridgehead atoms. The van der Waals surface area contributed by atoms with E-state index in [2.05, 4.69) is 0 Å². The van der Waals surface area contributed by atoms with Crippen LogP contribution in [-0.2, 0) is 16.1 Å². The summed E-state index contributed by atoms with van der Waals surface area (Å²) in [4.78, 5) is 26.9. The van der Waals surface area contributed by atoms with Crippen LogP contribution >= 0.6 is 0 Å². The van der Waals surface area contributed by atoms with Crippen molar-refractivity contribution in [2.24, 2.45) is 0 Å². The summed E-state index contributed by atoms with van der Waals surface area (Å²) in [6, 6.07) is 8.74. The Kier molecular flexibility index (Phi) is 7.39. The van der Waals surface area contributed by atoms with Crippen LogP contribution in [0.2, 0.25) is 0 Å². The van der Waals surface area contributed by atoms with E-state index < -0.39 is 12.1 Å². The Labute approximate surface area is 131 Å². The number of aliphatic hydroxyl groups is 1. The van der Waals surface area contributed by atoms with Crippen LogP contribution in [0, 0.1) is 0 Å². The molecule has 1 aromatic carbocycles. The fraction of sp³-hybridized carbons (Fsp3) is 0.500. The third kappa shape index (κ3) is 5.37. The van der Waals surface area contributed by atoms with Gasteiger partial charge in [0.25, 0.3) is 0 Å². The number of ether oxygens (including phenoxy) is 1. The predicted molar refractivity (Wildman–Crippen MR) is 83.2 cm³/mol. The van der Waals surface area contributed by atoms with Gasteiger partial charge in [-0.2, -0.15) is 0 Å². The number of amides is 2. The maximum Gasteiger partial charge on any atom is 0.410 e. The molecule has 1 N–H and O–H groups in total. The SMILES string of the molecule is C[C@H](C(=O)N(C)CCCO)N(C)C(=O)OCc1ccccc1. The van der Waals surface area contributed by atoms with Crippen molar-refractivity contribution in [3.63, 3.8) is 0 Å². The summed E-state index contributed by atoms with van der Waals surface area (Å²) in [6.07, 6.45) is -0.0304. The summed E-state index contributed by atoms with van der Waals surface area (Å²) >= 11 is 0. The number of benzene rings is 1. The van der Waals surface area contributed by atoms with Crippen LogP contribution in [-0.4, -0.2) is 60.2 Å². The predicted octanol–water partition coefficient (Wildman–Crippen LogP) is 1.48. The lowest BCUT2D eigenvalue weighted by molar-refractivity contribution is -0.134. The van der Waals surface area contributed by atoms with Gasteiger partial charge in [0.2, 0.25) is 5.91 Å². The lowest BCUT2D eigenvalue weighted by atomic mass is 10.2. The van der Waals surface area contributed by atoms with E-state index in [9.17, 15) is 9.59 Å². The van der Waals surface area contributed by atoms with Crippen molar-refractivity contribution in [1.29, 1.82) is 0 Å². The van der Waals surface area contributed by atoms with Gasteiger partial charge in [-0.25, -0.2) is 4.79 Å². The van der Waals surface area contributed by atoms with Gasteiger partial charge in [-0.3, -0.25) is 9.69 Å². The second-order valence-corrected chi connectivity index (χ2v) is 5.16. The molecule has 0 fully saturated rings.